The summed E-state index contributed by atoms with van der Waals surface area (Å²) < 4.78 is 7.97. The number of rotatable bonds is 6. The lowest BCUT2D eigenvalue weighted by molar-refractivity contribution is -0.133. The number of fused-ring (bicyclic) bond motifs is 3. The average molecular weight is 368 g/mol. The molecule has 2 aliphatic heterocycles. The molecule has 6 heteroatoms. The Hall–Kier alpha value is -1.92. The largest absolute Gasteiger partial charge is 0.379 e. The minimum Gasteiger partial charge on any atom is -0.379 e. The summed E-state index contributed by atoms with van der Waals surface area (Å²) in [5, 5.41) is 4.58. The molecule has 1 saturated heterocycles. The van der Waals surface area contributed by atoms with E-state index >= 15 is 0 Å². The molecular weight excluding hydrogens is 340 g/mol. The maximum atomic E-state index is 12.6. The fourth-order valence-electron chi connectivity index (χ4n) is 4.26. The Labute approximate surface area is 159 Å². The number of nitrogens with one attached hydrogen (secondary N) is 1. The molecule has 3 aliphatic rings. The molecular formula is C21H28N4O2. The van der Waals surface area contributed by atoms with E-state index in [4.69, 9.17) is 9.72 Å². The molecule has 1 aliphatic carbocycles. The normalized spacial score (nSPS) is 22.0. The van der Waals surface area contributed by atoms with Crippen molar-refractivity contribution in [2.75, 3.05) is 26.3 Å². The van der Waals surface area contributed by atoms with Gasteiger partial charge in [-0.25, -0.2) is 4.98 Å². The first-order valence-corrected chi connectivity index (χ1v) is 10.3. The van der Waals surface area contributed by atoms with Crippen LogP contribution >= 0.6 is 0 Å². The minimum atomic E-state index is 0.194. The number of ether oxygens (including phenoxy) is 1. The number of nitrogens with zero attached hydrogens (tertiary/aromatic N) is 3. The van der Waals surface area contributed by atoms with Crippen molar-refractivity contribution in [3.63, 3.8) is 0 Å². The predicted molar refractivity (Wildman–Crippen MR) is 104 cm³/mol. The lowest BCUT2D eigenvalue weighted by atomic mass is 10.1. The molecule has 1 N–H and O–H groups in total. The molecule has 6 nitrogen and oxygen atoms in total. The van der Waals surface area contributed by atoms with Gasteiger partial charge in [0.05, 0.1) is 26.2 Å². The quantitative estimate of drug-likeness (QED) is 0.795. The van der Waals surface area contributed by atoms with Crippen LogP contribution in [0.25, 0.3) is 11.0 Å². The van der Waals surface area contributed by atoms with Gasteiger partial charge in [0.15, 0.2) is 0 Å². The van der Waals surface area contributed by atoms with Gasteiger partial charge < -0.3 is 19.5 Å². The lowest BCUT2D eigenvalue weighted by Crippen LogP contribution is -2.46. The first kappa shape index (κ1) is 17.2. The summed E-state index contributed by atoms with van der Waals surface area (Å²) in [5.41, 5.74) is 4.98. The number of carbonyl (C=O) groups is 1. The second-order valence-corrected chi connectivity index (χ2v) is 8.22. The van der Waals surface area contributed by atoms with E-state index in [1.807, 2.05) is 4.90 Å². The van der Waals surface area contributed by atoms with Gasteiger partial charge in [-0.05, 0) is 55.8 Å². The second-order valence-electron chi connectivity index (χ2n) is 8.22. The number of aryl methyl sites for hydroxylation is 1. The summed E-state index contributed by atoms with van der Waals surface area (Å²) >= 11 is 0. The molecule has 1 unspecified atom stereocenters. The highest BCUT2D eigenvalue weighted by molar-refractivity contribution is 5.83. The lowest BCUT2D eigenvalue weighted by Gasteiger charge is -2.30. The molecule has 2 aromatic rings. The number of pyridine rings is 1. The Morgan fingerprint density at radius 3 is 2.93 bits per heavy atom. The Morgan fingerprint density at radius 1 is 1.33 bits per heavy atom. The molecule has 0 bridgehead atoms. The van der Waals surface area contributed by atoms with Gasteiger partial charge in [0, 0.05) is 36.4 Å². The molecule has 5 rings (SSSR count). The van der Waals surface area contributed by atoms with E-state index in [2.05, 4.69) is 29.1 Å². The molecule has 4 heterocycles. The van der Waals surface area contributed by atoms with E-state index in [1.165, 1.54) is 41.5 Å². The highest BCUT2D eigenvalue weighted by Gasteiger charge is 2.28. The van der Waals surface area contributed by atoms with E-state index in [0.717, 1.165) is 31.9 Å². The summed E-state index contributed by atoms with van der Waals surface area (Å²) in [5.74, 6) is 0.908. The molecule has 0 radical (unpaired) electrons. The highest BCUT2D eigenvalue weighted by Crippen LogP contribution is 2.41. The monoisotopic (exact) mass is 368 g/mol. The molecule has 144 valence electrons. The van der Waals surface area contributed by atoms with Crippen LogP contribution in [0.1, 0.15) is 48.4 Å². The highest BCUT2D eigenvalue weighted by atomic mass is 16.5. The van der Waals surface area contributed by atoms with Gasteiger partial charge in [0.2, 0.25) is 5.91 Å². The Balaban J connectivity index is 1.25. The number of aromatic nitrogens is 2. The molecule has 1 amide bonds. The minimum absolute atomic E-state index is 0.194. The zero-order valence-corrected chi connectivity index (χ0v) is 16.0. The van der Waals surface area contributed by atoms with Gasteiger partial charge in [-0.1, -0.05) is 0 Å². The molecule has 1 atom stereocenters. The van der Waals surface area contributed by atoms with Crippen LogP contribution in [0.4, 0.5) is 0 Å². The van der Waals surface area contributed by atoms with Crippen molar-refractivity contribution in [2.24, 2.45) is 0 Å². The second kappa shape index (κ2) is 6.91. The van der Waals surface area contributed by atoms with Crippen molar-refractivity contribution in [1.29, 1.82) is 0 Å². The fourth-order valence-corrected chi connectivity index (χ4v) is 4.26. The zero-order chi connectivity index (χ0) is 18.4. The molecule has 2 fully saturated rings. The predicted octanol–water partition coefficient (Wildman–Crippen LogP) is 2.33. The van der Waals surface area contributed by atoms with Crippen LogP contribution in [-0.4, -0.2) is 52.7 Å². The summed E-state index contributed by atoms with van der Waals surface area (Å²) in [6.07, 6.45) is 6.29. The van der Waals surface area contributed by atoms with Crippen molar-refractivity contribution in [1.82, 2.24) is 19.8 Å². The van der Waals surface area contributed by atoms with Crippen LogP contribution in [0.3, 0.4) is 0 Å². The fraction of sp³-hybridized carbons (Fsp3) is 0.619. The van der Waals surface area contributed by atoms with Gasteiger partial charge in [-0.15, -0.1) is 0 Å². The average Bonchev–Trinajstić information content (AvgIpc) is 3.46. The van der Waals surface area contributed by atoms with Crippen molar-refractivity contribution in [3.05, 3.63) is 29.1 Å². The van der Waals surface area contributed by atoms with Crippen molar-refractivity contribution >= 4 is 16.9 Å². The first-order valence-electron chi connectivity index (χ1n) is 10.3. The number of hydrogen-bond donors (Lipinski definition) is 1. The van der Waals surface area contributed by atoms with Gasteiger partial charge >= 0.3 is 0 Å². The van der Waals surface area contributed by atoms with E-state index in [-0.39, 0.29) is 5.91 Å². The smallest absolute Gasteiger partial charge is 0.225 e. The standard InChI is InChI=1S/C21H28N4O2/c1-14-18-10-16(15-2-3-15)11-23-21(18)25-8-7-24(12-19(14)25)20(26)5-9-27-13-17-4-6-22-17/h10-11,15,17,22H,2-9,12-13H2,1H3. The van der Waals surface area contributed by atoms with Crippen LogP contribution < -0.4 is 5.32 Å². The van der Waals surface area contributed by atoms with Gasteiger partial charge in [0.25, 0.3) is 0 Å². The van der Waals surface area contributed by atoms with Crippen LogP contribution in [0.15, 0.2) is 12.3 Å². The topological polar surface area (TPSA) is 59.4 Å². The van der Waals surface area contributed by atoms with Crippen LogP contribution in [-0.2, 0) is 22.6 Å². The van der Waals surface area contributed by atoms with E-state index in [9.17, 15) is 4.79 Å². The molecule has 1 saturated carbocycles. The maximum absolute atomic E-state index is 12.6. The third kappa shape index (κ3) is 3.25. The number of amides is 1. The first-order chi connectivity index (χ1) is 13.2. The summed E-state index contributed by atoms with van der Waals surface area (Å²) in [6, 6.07) is 2.82. The van der Waals surface area contributed by atoms with Gasteiger partial charge in [-0.3, -0.25) is 4.79 Å². The third-order valence-corrected chi connectivity index (χ3v) is 6.35. The molecule has 0 spiro atoms. The van der Waals surface area contributed by atoms with Crippen LogP contribution in [0.2, 0.25) is 0 Å². The Bertz CT molecular complexity index is 867. The molecule has 0 aromatic carbocycles. The van der Waals surface area contributed by atoms with Gasteiger partial charge in [0.1, 0.15) is 5.65 Å². The van der Waals surface area contributed by atoms with Crippen LogP contribution in [0, 0.1) is 6.92 Å². The van der Waals surface area contributed by atoms with Crippen molar-refractivity contribution < 1.29 is 9.53 Å². The van der Waals surface area contributed by atoms with Crippen LogP contribution in [0.5, 0.6) is 0 Å². The SMILES string of the molecule is Cc1c2n(c3ncc(C4CC4)cc13)CCN(C(=O)CCOCC1CCN1)C2. The number of carbonyl (C=O) groups excluding carboxylic acids is 1. The Kier molecular flexibility index (Phi) is 4.40. The van der Waals surface area contributed by atoms with E-state index < -0.39 is 0 Å². The van der Waals surface area contributed by atoms with Gasteiger partial charge in [-0.2, -0.15) is 0 Å². The number of hydrogen-bond acceptors (Lipinski definition) is 4. The third-order valence-electron chi connectivity index (χ3n) is 6.35. The van der Waals surface area contributed by atoms with Crippen molar-refractivity contribution in [3.8, 4) is 0 Å². The molecule has 2 aromatic heterocycles. The zero-order valence-electron chi connectivity index (χ0n) is 16.0. The van der Waals surface area contributed by atoms with E-state index in [0.29, 0.717) is 31.5 Å². The molecule has 27 heavy (non-hydrogen) atoms. The Morgan fingerprint density at radius 2 is 2.19 bits per heavy atom. The summed E-state index contributed by atoms with van der Waals surface area (Å²) in [4.78, 5) is 19.4. The van der Waals surface area contributed by atoms with Crippen molar-refractivity contribution in [2.45, 2.75) is 57.7 Å². The maximum Gasteiger partial charge on any atom is 0.225 e. The summed E-state index contributed by atoms with van der Waals surface area (Å²) in [6.45, 7) is 6.76. The summed E-state index contributed by atoms with van der Waals surface area (Å²) in [7, 11) is 0. The van der Waals surface area contributed by atoms with E-state index in [1.54, 1.807) is 0 Å².